The molecule has 4 fully saturated rings. The Hall–Kier alpha value is -2.62. The lowest BCUT2D eigenvalue weighted by molar-refractivity contribution is -0.128. The third-order valence-corrected chi connectivity index (χ3v) is 8.19. The third kappa shape index (κ3) is 4.32. The number of amides is 1. The Morgan fingerprint density at radius 1 is 0.938 bits per heavy atom. The molecule has 4 heteroatoms. The second kappa shape index (κ2) is 8.73. The molecule has 1 atom stereocenters. The Balaban J connectivity index is 1.18. The maximum atomic E-state index is 12.8. The van der Waals surface area contributed by atoms with Crippen molar-refractivity contribution >= 4 is 11.9 Å². The van der Waals surface area contributed by atoms with E-state index in [9.17, 15) is 9.59 Å². The summed E-state index contributed by atoms with van der Waals surface area (Å²) in [5, 5.41) is 3.18. The van der Waals surface area contributed by atoms with Crippen LogP contribution in [0, 0.1) is 23.2 Å². The number of rotatable bonds is 7. The largest absolute Gasteiger partial charge is 0.452 e. The minimum absolute atomic E-state index is 0.132. The highest BCUT2D eigenvalue weighted by atomic mass is 16.5. The molecule has 4 bridgehead atoms. The number of nitrogens with one attached hydrogen (secondary N) is 1. The van der Waals surface area contributed by atoms with Gasteiger partial charge in [0.2, 0.25) is 0 Å². The van der Waals surface area contributed by atoms with Crippen LogP contribution in [0.1, 0.15) is 66.9 Å². The lowest BCUT2D eigenvalue weighted by Gasteiger charge is -2.59. The number of carbonyl (C=O) groups excluding carboxylic acids is 2. The summed E-state index contributed by atoms with van der Waals surface area (Å²) in [6, 6.07) is 17.7. The second-order valence-corrected chi connectivity index (χ2v) is 10.5. The zero-order chi connectivity index (χ0) is 22.1. The van der Waals surface area contributed by atoms with Gasteiger partial charge in [-0.25, -0.2) is 4.79 Å². The predicted octanol–water partition coefficient (Wildman–Crippen LogP) is 5.16. The van der Waals surface area contributed by atoms with Gasteiger partial charge in [0.25, 0.3) is 5.91 Å². The van der Waals surface area contributed by atoms with Crippen molar-refractivity contribution in [3.8, 4) is 0 Å². The second-order valence-electron chi connectivity index (χ2n) is 10.5. The van der Waals surface area contributed by atoms with Crippen molar-refractivity contribution in [3.05, 3.63) is 71.3 Å². The van der Waals surface area contributed by atoms with Crippen molar-refractivity contribution in [2.24, 2.45) is 23.2 Å². The van der Waals surface area contributed by atoms with Crippen molar-refractivity contribution in [1.29, 1.82) is 0 Å². The monoisotopic (exact) mass is 431 g/mol. The van der Waals surface area contributed by atoms with E-state index < -0.39 is 5.97 Å². The minimum atomic E-state index is -0.436. The summed E-state index contributed by atoms with van der Waals surface area (Å²) in [4.78, 5) is 25.4. The molecular weight excluding hydrogens is 398 g/mol. The van der Waals surface area contributed by atoms with Crippen molar-refractivity contribution in [2.45, 2.75) is 57.9 Å². The molecule has 0 radical (unpaired) electrons. The smallest absolute Gasteiger partial charge is 0.338 e. The molecule has 0 spiro atoms. The zero-order valence-electron chi connectivity index (χ0n) is 18.9. The van der Waals surface area contributed by atoms with Gasteiger partial charge in [0.15, 0.2) is 6.61 Å². The van der Waals surface area contributed by atoms with E-state index >= 15 is 0 Å². The quantitative estimate of drug-likeness (QED) is 0.617. The van der Waals surface area contributed by atoms with Gasteiger partial charge >= 0.3 is 5.97 Å². The Kier molecular flexibility index (Phi) is 5.79. The Morgan fingerprint density at radius 2 is 1.53 bits per heavy atom. The van der Waals surface area contributed by atoms with Gasteiger partial charge in [-0.2, -0.15) is 0 Å². The van der Waals surface area contributed by atoms with Crippen LogP contribution in [0.15, 0.2) is 54.6 Å². The molecule has 1 N–H and O–H groups in total. The van der Waals surface area contributed by atoms with Gasteiger partial charge in [0, 0.05) is 6.04 Å². The van der Waals surface area contributed by atoms with Gasteiger partial charge in [0.1, 0.15) is 0 Å². The van der Waals surface area contributed by atoms with E-state index in [1.807, 2.05) is 48.5 Å². The van der Waals surface area contributed by atoms with E-state index in [1.165, 1.54) is 38.5 Å². The number of hydrogen-bond donors (Lipinski definition) is 1. The molecular formula is C28H33NO3. The van der Waals surface area contributed by atoms with Gasteiger partial charge in [-0.1, -0.05) is 48.5 Å². The first kappa shape index (κ1) is 21.2. The number of hydrogen-bond acceptors (Lipinski definition) is 3. The van der Waals surface area contributed by atoms with Crippen LogP contribution in [0.25, 0.3) is 0 Å². The summed E-state index contributed by atoms with van der Waals surface area (Å²) >= 11 is 0. The number of ether oxygens (including phenoxy) is 1. The summed E-state index contributed by atoms with van der Waals surface area (Å²) in [6.45, 7) is 1.93. The first-order valence-corrected chi connectivity index (χ1v) is 12.1. The van der Waals surface area contributed by atoms with Gasteiger partial charge in [0.05, 0.1) is 5.56 Å². The molecule has 6 rings (SSSR count). The van der Waals surface area contributed by atoms with Crippen LogP contribution in [0.2, 0.25) is 0 Å². The highest BCUT2D eigenvalue weighted by molar-refractivity contribution is 5.92. The standard InChI is InChI=1S/C28H33NO3/c1-19(28-15-21-11-22(16-28)13-23(12-21)17-28)29-26(30)18-32-27(31)25-10-6-5-9-24(25)14-20-7-3-2-4-8-20/h2-10,19,21-23H,11-18H2,1H3,(H,29,30)/t19-,21?,22?,23?,28?/m1/s1. The topological polar surface area (TPSA) is 55.4 Å². The van der Waals surface area contributed by atoms with Crippen LogP contribution in [0.4, 0.5) is 0 Å². The van der Waals surface area contributed by atoms with E-state index in [4.69, 9.17) is 4.74 Å². The van der Waals surface area contributed by atoms with Gasteiger partial charge in [-0.05, 0) is 92.2 Å². The zero-order valence-corrected chi connectivity index (χ0v) is 18.9. The normalized spacial score (nSPS) is 28.8. The fraction of sp³-hybridized carbons (Fsp3) is 0.500. The molecule has 2 aromatic rings. The number of benzene rings is 2. The minimum Gasteiger partial charge on any atom is -0.452 e. The lowest BCUT2D eigenvalue weighted by atomic mass is 9.48. The van der Waals surface area contributed by atoms with Crippen LogP contribution in [0.5, 0.6) is 0 Å². The fourth-order valence-corrected chi connectivity index (χ4v) is 7.04. The average Bonchev–Trinajstić information content (AvgIpc) is 2.77. The third-order valence-electron chi connectivity index (χ3n) is 8.19. The first-order valence-electron chi connectivity index (χ1n) is 12.1. The lowest BCUT2D eigenvalue weighted by Crippen LogP contribution is -2.56. The van der Waals surface area contributed by atoms with Crippen LogP contribution in [0.3, 0.4) is 0 Å². The van der Waals surface area contributed by atoms with Crippen LogP contribution < -0.4 is 5.32 Å². The summed E-state index contributed by atoms with van der Waals surface area (Å²) in [6.07, 6.45) is 8.55. The van der Waals surface area contributed by atoms with Crippen molar-refractivity contribution in [2.75, 3.05) is 6.61 Å². The Labute approximate surface area is 190 Å². The molecule has 32 heavy (non-hydrogen) atoms. The molecule has 4 aliphatic rings. The highest BCUT2D eigenvalue weighted by Crippen LogP contribution is 2.61. The Morgan fingerprint density at radius 3 is 2.19 bits per heavy atom. The molecule has 2 aromatic carbocycles. The molecule has 4 aliphatic carbocycles. The number of esters is 1. The van der Waals surface area contributed by atoms with Gasteiger partial charge in [-0.15, -0.1) is 0 Å². The van der Waals surface area contributed by atoms with Crippen molar-refractivity contribution < 1.29 is 14.3 Å². The molecule has 4 nitrogen and oxygen atoms in total. The molecule has 0 saturated heterocycles. The SMILES string of the molecule is C[C@@H](NC(=O)COC(=O)c1ccccc1Cc1ccccc1)C12CC3CC(CC(C3)C1)C2. The van der Waals surface area contributed by atoms with Crippen molar-refractivity contribution in [3.63, 3.8) is 0 Å². The van der Waals surface area contributed by atoms with E-state index in [-0.39, 0.29) is 24.0 Å². The first-order chi connectivity index (χ1) is 15.5. The van der Waals surface area contributed by atoms with Gasteiger partial charge < -0.3 is 10.1 Å². The summed E-state index contributed by atoms with van der Waals surface area (Å²) in [7, 11) is 0. The summed E-state index contributed by atoms with van der Waals surface area (Å²) in [5.41, 5.74) is 2.82. The fourth-order valence-electron chi connectivity index (χ4n) is 7.04. The van der Waals surface area contributed by atoms with Crippen LogP contribution in [-0.2, 0) is 16.0 Å². The maximum absolute atomic E-state index is 12.8. The van der Waals surface area contributed by atoms with E-state index in [2.05, 4.69) is 12.2 Å². The Bertz CT molecular complexity index is 948. The van der Waals surface area contributed by atoms with Crippen LogP contribution in [-0.4, -0.2) is 24.5 Å². The average molecular weight is 432 g/mol. The highest BCUT2D eigenvalue weighted by Gasteiger charge is 2.53. The van der Waals surface area contributed by atoms with Gasteiger partial charge in [-0.3, -0.25) is 4.79 Å². The molecule has 4 saturated carbocycles. The molecule has 0 aliphatic heterocycles. The number of carbonyl (C=O) groups is 2. The molecule has 0 aromatic heterocycles. The van der Waals surface area contributed by atoms with E-state index in [0.717, 1.165) is 28.9 Å². The predicted molar refractivity (Wildman–Crippen MR) is 124 cm³/mol. The molecule has 168 valence electrons. The molecule has 0 unspecified atom stereocenters. The maximum Gasteiger partial charge on any atom is 0.338 e. The molecule has 0 heterocycles. The van der Waals surface area contributed by atoms with Crippen molar-refractivity contribution in [1.82, 2.24) is 5.32 Å². The van der Waals surface area contributed by atoms with E-state index in [1.54, 1.807) is 6.07 Å². The van der Waals surface area contributed by atoms with Crippen LogP contribution >= 0.6 is 0 Å². The van der Waals surface area contributed by atoms with E-state index in [0.29, 0.717) is 12.0 Å². The molecule has 1 amide bonds. The summed E-state index contributed by atoms with van der Waals surface area (Å²) in [5.74, 6) is 1.91. The summed E-state index contributed by atoms with van der Waals surface area (Å²) < 4.78 is 5.44.